The first-order valence-corrected chi connectivity index (χ1v) is 3.62. The van der Waals surface area contributed by atoms with Gasteiger partial charge in [-0.25, -0.2) is 4.39 Å². The first-order chi connectivity index (χ1) is 5.29. The third-order valence-corrected chi connectivity index (χ3v) is 1.63. The van der Waals surface area contributed by atoms with E-state index in [0.29, 0.717) is 24.2 Å². The smallest absolute Gasteiger partial charge is 0.129 e. The summed E-state index contributed by atoms with van der Waals surface area (Å²) in [6.07, 6.45) is 2.09. The fraction of sp³-hybridized carbons (Fsp3) is 0.375. The minimum absolute atomic E-state index is 0.206. The number of nitrogens with zero attached hydrogens (tertiary/aromatic N) is 1. The predicted octanol–water partition coefficient (Wildman–Crippen LogP) is 1.24. The summed E-state index contributed by atoms with van der Waals surface area (Å²) in [5.41, 5.74) is 6.66. The molecule has 1 aromatic heterocycles. The minimum atomic E-state index is -0.206. The Bertz CT molecular complexity index is 248. The maximum absolute atomic E-state index is 12.9. The summed E-state index contributed by atoms with van der Waals surface area (Å²) < 4.78 is 12.9. The Hall–Kier alpha value is -0.960. The number of hydrogen-bond donors (Lipinski definition) is 1. The van der Waals surface area contributed by atoms with E-state index in [4.69, 9.17) is 5.73 Å². The van der Waals surface area contributed by atoms with Crippen LogP contribution in [0.1, 0.15) is 18.2 Å². The van der Waals surface area contributed by atoms with Crippen molar-refractivity contribution in [3.05, 3.63) is 29.3 Å². The highest BCUT2D eigenvalue weighted by atomic mass is 19.1. The van der Waals surface area contributed by atoms with E-state index in [9.17, 15) is 4.39 Å². The second-order valence-electron chi connectivity index (χ2n) is 2.28. The Labute approximate surface area is 65.3 Å². The van der Waals surface area contributed by atoms with Gasteiger partial charge in [-0.2, -0.15) is 0 Å². The van der Waals surface area contributed by atoms with Crippen molar-refractivity contribution in [2.24, 2.45) is 5.73 Å². The molecule has 0 bridgehead atoms. The molecule has 0 unspecified atom stereocenters. The number of nitrogens with two attached hydrogens (primary N) is 1. The van der Waals surface area contributed by atoms with Gasteiger partial charge in [-0.15, -0.1) is 0 Å². The van der Waals surface area contributed by atoms with Crippen LogP contribution in [0.5, 0.6) is 0 Å². The summed E-state index contributed by atoms with van der Waals surface area (Å²) >= 11 is 0. The fourth-order valence-corrected chi connectivity index (χ4v) is 1.06. The predicted molar refractivity (Wildman–Crippen MR) is 41.5 cm³/mol. The van der Waals surface area contributed by atoms with Crippen LogP contribution in [0.15, 0.2) is 12.3 Å². The molecule has 60 valence electrons. The maximum Gasteiger partial charge on any atom is 0.129 e. The lowest BCUT2D eigenvalue weighted by Crippen LogP contribution is -2.05. The van der Waals surface area contributed by atoms with Crippen molar-refractivity contribution in [3.8, 4) is 0 Å². The quantitative estimate of drug-likeness (QED) is 0.696. The van der Waals surface area contributed by atoms with Gasteiger partial charge in [-0.05, 0) is 12.5 Å². The Morgan fingerprint density at radius 2 is 2.36 bits per heavy atom. The van der Waals surface area contributed by atoms with Gasteiger partial charge in [0.15, 0.2) is 0 Å². The van der Waals surface area contributed by atoms with Crippen LogP contribution >= 0.6 is 0 Å². The zero-order valence-electron chi connectivity index (χ0n) is 6.47. The van der Waals surface area contributed by atoms with Crippen LogP contribution in [-0.4, -0.2) is 4.98 Å². The number of hydrogen-bond acceptors (Lipinski definition) is 2. The van der Waals surface area contributed by atoms with Crippen LogP contribution in [0, 0.1) is 5.82 Å². The highest BCUT2D eigenvalue weighted by molar-refractivity contribution is 5.21. The molecule has 0 atom stereocenters. The van der Waals surface area contributed by atoms with E-state index in [1.54, 1.807) is 0 Å². The van der Waals surface area contributed by atoms with Crippen molar-refractivity contribution in [2.75, 3.05) is 0 Å². The van der Waals surface area contributed by atoms with Crippen molar-refractivity contribution < 1.29 is 4.39 Å². The second kappa shape index (κ2) is 3.44. The SMILES string of the molecule is CCc1c(F)ccnc1CN. The van der Waals surface area contributed by atoms with Crippen LogP contribution in [-0.2, 0) is 13.0 Å². The van der Waals surface area contributed by atoms with E-state index in [0.717, 1.165) is 0 Å². The van der Waals surface area contributed by atoms with Gasteiger partial charge >= 0.3 is 0 Å². The van der Waals surface area contributed by atoms with Crippen LogP contribution < -0.4 is 5.73 Å². The topological polar surface area (TPSA) is 38.9 Å². The monoisotopic (exact) mass is 154 g/mol. The molecule has 0 amide bonds. The zero-order valence-corrected chi connectivity index (χ0v) is 6.47. The van der Waals surface area contributed by atoms with Gasteiger partial charge < -0.3 is 5.73 Å². The molecule has 11 heavy (non-hydrogen) atoms. The third kappa shape index (κ3) is 1.54. The van der Waals surface area contributed by atoms with E-state index in [1.165, 1.54) is 12.3 Å². The Kier molecular flexibility index (Phi) is 2.54. The van der Waals surface area contributed by atoms with Crippen LogP contribution in [0.2, 0.25) is 0 Å². The van der Waals surface area contributed by atoms with E-state index in [1.807, 2.05) is 6.92 Å². The first-order valence-electron chi connectivity index (χ1n) is 3.62. The Morgan fingerprint density at radius 3 is 2.82 bits per heavy atom. The first kappa shape index (κ1) is 8.14. The molecular formula is C8H11FN2. The van der Waals surface area contributed by atoms with E-state index in [2.05, 4.69) is 4.98 Å². The molecule has 2 nitrogen and oxygen atoms in total. The molecule has 2 N–H and O–H groups in total. The van der Waals surface area contributed by atoms with Crippen molar-refractivity contribution in [1.29, 1.82) is 0 Å². The molecule has 0 aromatic carbocycles. The van der Waals surface area contributed by atoms with Gasteiger partial charge in [0.05, 0.1) is 5.69 Å². The summed E-state index contributed by atoms with van der Waals surface area (Å²) in [6, 6.07) is 1.36. The molecule has 0 aliphatic carbocycles. The highest BCUT2D eigenvalue weighted by Gasteiger charge is 2.04. The summed E-state index contributed by atoms with van der Waals surface area (Å²) in [5.74, 6) is -0.206. The van der Waals surface area contributed by atoms with Crippen molar-refractivity contribution in [3.63, 3.8) is 0 Å². The lowest BCUT2D eigenvalue weighted by Gasteiger charge is -2.03. The van der Waals surface area contributed by atoms with Gasteiger partial charge in [-0.1, -0.05) is 6.92 Å². The molecule has 0 saturated heterocycles. The van der Waals surface area contributed by atoms with Crippen LogP contribution in [0.4, 0.5) is 4.39 Å². The molecule has 1 aromatic rings. The van der Waals surface area contributed by atoms with Gasteiger partial charge in [-0.3, -0.25) is 4.98 Å². The largest absolute Gasteiger partial charge is 0.325 e. The normalized spacial score (nSPS) is 10.1. The molecule has 0 radical (unpaired) electrons. The zero-order chi connectivity index (χ0) is 8.27. The number of halogens is 1. The van der Waals surface area contributed by atoms with E-state index in [-0.39, 0.29) is 5.82 Å². The summed E-state index contributed by atoms with van der Waals surface area (Å²) in [7, 11) is 0. The molecule has 0 aliphatic rings. The lowest BCUT2D eigenvalue weighted by molar-refractivity contribution is 0.604. The van der Waals surface area contributed by atoms with Crippen molar-refractivity contribution >= 4 is 0 Å². The van der Waals surface area contributed by atoms with Gasteiger partial charge in [0.25, 0.3) is 0 Å². The Morgan fingerprint density at radius 1 is 1.64 bits per heavy atom. The second-order valence-corrected chi connectivity index (χ2v) is 2.28. The minimum Gasteiger partial charge on any atom is -0.325 e. The van der Waals surface area contributed by atoms with E-state index >= 15 is 0 Å². The molecule has 0 aliphatic heterocycles. The molecule has 0 spiro atoms. The molecule has 0 saturated carbocycles. The van der Waals surface area contributed by atoms with Crippen LogP contribution in [0.25, 0.3) is 0 Å². The standard InChI is InChI=1S/C8H11FN2/c1-2-6-7(9)3-4-11-8(6)5-10/h3-4H,2,5,10H2,1H3. The van der Waals surface area contributed by atoms with Gasteiger partial charge in [0, 0.05) is 18.3 Å². The fourth-order valence-electron chi connectivity index (χ4n) is 1.06. The van der Waals surface area contributed by atoms with Crippen molar-refractivity contribution in [2.45, 2.75) is 19.9 Å². The van der Waals surface area contributed by atoms with Gasteiger partial charge in [0.2, 0.25) is 0 Å². The lowest BCUT2D eigenvalue weighted by atomic mass is 10.1. The van der Waals surface area contributed by atoms with E-state index < -0.39 is 0 Å². The third-order valence-electron chi connectivity index (χ3n) is 1.63. The average Bonchev–Trinajstić information content (AvgIpc) is 2.04. The van der Waals surface area contributed by atoms with Crippen LogP contribution in [0.3, 0.4) is 0 Å². The molecule has 1 heterocycles. The van der Waals surface area contributed by atoms with Gasteiger partial charge in [0.1, 0.15) is 5.82 Å². The maximum atomic E-state index is 12.9. The van der Waals surface area contributed by atoms with Crippen molar-refractivity contribution in [1.82, 2.24) is 4.98 Å². The molecular weight excluding hydrogens is 143 g/mol. The molecule has 0 fully saturated rings. The molecule has 3 heteroatoms. The number of aromatic nitrogens is 1. The number of pyridine rings is 1. The highest BCUT2D eigenvalue weighted by Crippen LogP contribution is 2.10. The number of rotatable bonds is 2. The molecule has 1 rings (SSSR count). The average molecular weight is 154 g/mol. The summed E-state index contributed by atoms with van der Waals surface area (Å²) in [6.45, 7) is 2.19. The summed E-state index contributed by atoms with van der Waals surface area (Å²) in [5, 5.41) is 0. The summed E-state index contributed by atoms with van der Waals surface area (Å²) in [4.78, 5) is 3.96. The Balaban J connectivity index is 3.13.